The molecule has 3 fully saturated rings. The van der Waals surface area contributed by atoms with Crippen molar-refractivity contribution < 1.29 is 9.90 Å². The number of amides is 1. The predicted molar refractivity (Wildman–Crippen MR) is 77.1 cm³/mol. The largest absolute Gasteiger partial charge is 0.393 e. The molecule has 0 radical (unpaired) electrons. The van der Waals surface area contributed by atoms with Crippen molar-refractivity contribution in [1.29, 1.82) is 0 Å². The average Bonchev–Trinajstić information content (AvgIpc) is 2.94. The Hall–Kier alpha value is -0.550. The maximum Gasteiger partial charge on any atom is 0.242 e. The number of fused-ring (bicyclic) bond motifs is 2. The van der Waals surface area contributed by atoms with E-state index in [1.807, 2.05) is 6.92 Å². The number of amidine groups is 1. The van der Waals surface area contributed by atoms with Crippen molar-refractivity contribution in [3.8, 4) is 0 Å². The second kappa shape index (κ2) is 4.77. The van der Waals surface area contributed by atoms with Gasteiger partial charge in [0, 0.05) is 0 Å². The van der Waals surface area contributed by atoms with Gasteiger partial charge in [0.1, 0.15) is 0 Å². The van der Waals surface area contributed by atoms with Crippen LogP contribution in [0.5, 0.6) is 0 Å². The van der Waals surface area contributed by atoms with Gasteiger partial charge in [-0.05, 0) is 44.4 Å². The van der Waals surface area contributed by atoms with Gasteiger partial charge in [-0.3, -0.25) is 9.79 Å². The fraction of sp³-hybridized carbons (Fsp3) is 0.857. The molecule has 1 aliphatic heterocycles. The van der Waals surface area contributed by atoms with E-state index >= 15 is 0 Å². The zero-order valence-electron chi connectivity index (χ0n) is 11.6. The van der Waals surface area contributed by atoms with Crippen molar-refractivity contribution in [2.75, 3.05) is 0 Å². The predicted octanol–water partition coefficient (Wildman–Crippen LogP) is 1.92. The molecule has 0 aromatic heterocycles. The summed E-state index contributed by atoms with van der Waals surface area (Å²) in [5.74, 6) is 1.05. The summed E-state index contributed by atoms with van der Waals surface area (Å²) in [6.07, 6.45) is 4.75. The number of hydrogen-bond acceptors (Lipinski definition) is 4. The molecule has 1 heterocycles. The number of carbonyl (C=O) groups excluding carboxylic acids is 1. The molecule has 2 bridgehead atoms. The molecule has 5 atom stereocenters. The molecule has 3 rings (SSSR count). The van der Waals surface area contributed by atoms with Crippen LogP contribution in [0.3, 0.4) is 0 Å². The van der Waals surface area contributed by atoms with Gasteiger partial charge in [-0.1, -0.05) is 25.1 Å². The van der Waals surface area contributed by atoms with E-state index in [1.54, 1.807) is 11.8 Å². The van der Waals surface area contributed by atoms with Gasteiger partial charge in [-0.2, -0.15) is 0 Å². The smallest absolute Gasteiger partial charge is 0.242 e. The maximum atomic E-state index is 12.0. The van der Waals surface area contributed by atoms with Gasteiger partial charge < -0.3 is 10.4 Å². The van der Waals surface area contributed by atoms with E-state index in [0.717, 1.165) is 37.3 Å². The van der Waals surface area contributed by atoms with Crippen LogP contribution in [0.1, 0.15) is 46.0 Å². The Labute approximate surface area is 118 Å². The van der Waals surface area contributed by atoms with Crippen LogP contribution in [0.25, 0.3) is 0 Å². The third kappa shape index (κ3) is 2.31. The highest BCUT2D eigenvalue weighted by molar-refractivity contribution is 8.16. The van der Waals surface area contributed by atoms with Crippen molar-refractivity contribution in [2.45, 2.75) is 62.8 Å². The van der Waals surface area contributed by atoms with E-state index in [0.29, 0.717) is 17.9 Å². The third-order valence-electron chi connectivity index (χ3n) is 4.82. The molecule has 1 amide bonds. The van der Waals surface area contributed by atoms with Gasteiger partial charge in [0.15, 0.2) is 5.17 Å². The van der Waals surface area contributed by atoms with Gasteiger partial charge in [-0.25, -0.2) is 0 Å². The number of aliphatic hydroxyl groups is 1. The summed E-state index contributed by atoms with van der Waals surface area (Å²) in [5, 5.41) is 13.5. The summed E-state index contributed by atoms with van der Waals surface area (Å²) in [4.78, 5) is 16.8. The molecule has 0 spiro atoms. The Balaban J connectivity index is 1.68. The minimum atomic E-state index is -0.343. The molecule has 0 unspecified atom stereocenters. The molecule has 1 saturated heterocycles. The Morgan fingerprint density at radius 1 is 1.42 bits per heavy atom. The highest BCUT2D eigenvalue weighted by Crippen LogP contribution is 2.47. The molecule has 5 heteroatoms. The fourth-order valence-electron chi connectivity index (χ4n) is 3.74. The van der Waals surface area contributed by atoms with E-state index in [1.165, 1.54) is 0 Å². The van der Waals surface area contributed by atoms with Gasteiger partial charge in [0.05, 0.1) is 16.9 Å². The normalized spacial score (nSPS) is 47.1. The molecular formula is C14H22N2O2S. The Bertz CT molecular complexity index is 424. The number of nitrogens with zero attached hydrogens (tertiary/aromatic N) is 1. The second-order valence-corrected chi connectivity index (χ2v) is 7.83. The van der Waals surface area contributed by atoms with Gasteiger partial charge in [-0.15, -0.1) is 0 Å². The lowest BCUT2D eigenvalue weighted by Crippen LogP contribution is -2.34. The van der Waals surface area contributed by atoms with E-state index < -0.39 is 0 Å². The zero-order valence-corrected chi connectivity index (χ0v) is 12.4. The number of thioether (sulfide) groups is 1. The van der Waals surface area contributed by atoms with Crippen molar-refractivity contribution in [1.82, 2.24) is 5.32 Å². The number of aliphatic imine (C=N–C) groups is 1. The van der Waals surface area contributed by atoms with E-state index in [9.17, 15) is 9.90 Å². The summed E-state index contributed by atoms with van der Waals surface area (Å²) < 4.78 is -0.343. The highest BCUT2D eigenvalue weighted by atomic mass is 32.2. The fourth-order valence-corrected chi connectivity index (χ4v) is 4.95. The quantitative estimate of drug-likeness (QED) is 0.831. The molecule has 0 aromatic rings. The summed E-state index contributed by atoms with van der Waals surface area (Å²) in [6.45, 7) is 4.11. The molecule has 4 nitrogen and oxygen atoms in total. The monoisotopic (exact) mass is 282 g/mol. The van der Waals surface area contributed by atoms with Gasteiger partial charge in [0.25, 0.3) is 0 Å². The Morgan fingerprint density at radius 2 is 2.21 bits per heavy atom. The summed E-state index contributed by atoms with van der Waals surface area (Å²) in [7, 11) is 0. The van der Waals surface area contributed by atoms with Crippen LogP contribution in [-0.2, 0) is 4.79 Å². The molecular weight excluding hydrogens is 260 g/mol. The number of rotatable bonds is 3. The lowest BCUT2D eigenvalue weighted by Gasteiger charge is -2.22. The zero-order chi connectivity index (χ0) is 13.6. The number of hydrogen-bond donors (Lipinski definition) is 2. The maximum absolute atomic E-state index is 12.0. The van der Waals surface area contributed by atoms with Crippen LogP contribution in [0.4, 0.5) is 0 Å². The van der Waals surface area contributed by atoms with Crippen molar-refractivity contribution in [3.63, 3.8) is 0 Å². The van der Waals surface area contributed by atoms with Crippen molar-refractivity contribution in [3.05, 3.63) is 0 Å². The lowest BCUT2D eigenvalue weighted by atomic mass is 9.94. The number of carbonyl (C=O) groups is 1. The summed E-state index contributed by atoms with van der Waals surface area (Å²) >= 11 is 1.59. The van der Waals surface area contributed by atoms with Crippen LogP contribution in [-0.4, -0.2) is 33.1 Å². The van der Waals surface area contributed by atoms with Crippen LogP contribution in [0, 0.1) is 11.8 Å². The summed E-state index contributed by atoms with van der Waals surface area (Å²) in [6, 6.07) is 0.306. The molecule has 106 valence electrons. The second-order valence-electron chi connectivity index (χ2n) is 6.33. The van der Waals surface area contributed by atoms with Crippen LogP contribution in [0.15, 0.2) is 4.99 Å². The molecule has 2 N–H and O–H groups in total. The van der Waals surface area contributed by atoms with Gasteiger partial charge in [0.2, 0.25) is 5.91 Å². The van der Waals surface area contributed by atoms with E-state index in [2.05, 4.69) is 12.2 Å². The number of nitrogens with one attached hydrogen (secondary N) is 1. The first kappa shape index (κ1) is 13.4. The van der Waals surface area contributed by atoms with Crippen LogP contribution in [0.2, 0.25) is 0 Å². The van der Waals surface area contributed by atoms with E-state index in [4.69, 9.17) is 4.99 Å². The topological polar surface area (TPSA) is 61.7 Å². The van der Waals surface area contributed by atoms with E-state index in [-0.39, 0.29) is 16.8 Å². The van der Waals surface area contributed by atoms with Crippen molar-refractivity contribution >= 4 is 22.8 Å². The standard InChI is InChI=1S/C14H22N2O2S/c1-3-4-14(2)12(18)16-13(19-14)15-10-6-9-5-8(10)7-11(9)17/h8-11,17H,3-7H2,1-2H3,(H,15,16,18)/t8-,9-,10+,11+,14-/m1/s1. The first-order valence-electron chi connectivity index (χ1n) is 7.28. The average molecular weight is 282 g/mol. The Morgan fingerprint density at radius 3 is 2.79 bits per heavy atom. The highest BCUT2D eigenvalue weighted by Gasteiger charge is 2.47. The molecule has 19 heavy (non-hydrogen) atoms. The third-order valence-corrected chi connectivity index (χ3v) is 6.06. The lowest BCUT2D eigenvalue weighted by molar-refractivity contribution is -0.121. The van der Waals surface area contributed by atoms with Gasteiger partial charge >= 0.3 is 0 Å². The molecule has 2 aliphatic carbocycles. The minimum Gasteiger partial charge on any atom is -0.393 e. The Kier molecular flexibility index (Phi) is 3.38. The first-order chi connectivity index (χ1) is 9.01. The van der Waals surface area contributed by atoms with Crippen LogP contribution < -0.4 is 5.32 Å². The molecule has 0 aromatic carbocycles. The summed E-state index contributed by atoms with van der Waals surface area (Å²) in [5.41, 5.74) is 0. The molecule has 3 aliphatic rings. The first-order valence-corrected chi connectivity index (χ1v) is 8.10. The molecule has 2 saturated carbocycles. The van der Waals surface area contributed by atoms with Crippen molar-refractivity contribution in [2.24, 2.45) is 16.8 Å². The SMILES string of the molecule is CCC[C@@]1(C)SC(=N[C@H]2C[C@H]3C[C@@H]2C[C@@H]3O)NC1=O. The minimum absolute atomic E-state index is 0.0984. The van der Waals surface area contributed by atoms with Crippen LogP contribution >= 0.6 is 11.8 Å². The number of aliphatic hydroxyl groups excluding tert-OH is 1.